The summed E-state index contributed by atoms with van der Waals surface area (Å²) in [6.45, 7) is 2.90. The van der Waals surface area contributed by atoms with Gasteiger partial charge in [0.25, 0.3) is 5.91 Å². The fourth-order valence-electron chi connectivity index (χ4n) is 2.39. The first-order valence-electron chi connectivity index (χ1n) is 6.16. The molecule has 0 aliphatic carbocycles. The van der Waals surface area contributed by atoms with E-state index in [2.05, 4.69) is 5.16 Å². The van der Waals surface area contributed by atoms with Crippen LogP contribution in [0.15, 0.2) is 28.9 Å². The molecule has 0 saturated heterocycles. The predicted molar refractivity (Wildman–Crippen MR) is 67.8 cm³/mol. The summed E-state index contributed by atoms with van der Waals surface area (Å²) >= 11 is 0. The molecule has 2 heterocycles. The van der Waals surface area contributed by atoms with Crippen molar-refractivity contribution < 1.29 is 14.4 Å². The number of aromatic hydroxyl groups is 1. The van der Waals surface area contributed by atoms with Crippen LogP contribution in [-0.4, -0.2) is 27.6 Å². The molecule has 5 heteroatoms. The maximum atomic E-state index is 12.3. The summed E-state index contributed by atoms with van der Waals surface area (Å²) in [5, 5.41) is 13.1. The Kier molecular flexibility index (Phi) is 2.74. The first kappa shape index (κ1) is 11.8. The average molecular weight is 258 g/mol. The number of phenols is 1. The number of rotatable bonds is 1. The minimum Gasteiger partial charge on any atom is -0.508 e. The molecule has 19 heavy (non-hydrogen) atoms. The van der Waals surface area contributed by atoms with Crippen LogP contribution in [0.25, 0.3) is 0 Å². The van der Waals surface area contributed by atoms with Crippen LogP contribution < -0.4 is 0 Å². The van der Waals surface area contributed by atoms with E-state index in [1.807, 2.05) is 6.07 Å². The van der Waals surface area contributed by atoms with Gasteiger partial charge in [0, 0.05) is 13.1 Å². The van der Waals surface area contributed by atoms with Crippen molar-refractivity contribution in [3.63, 3.8) is 0 Å². The lowest BCUT2D eigenvalue weighted by Crippen LogP contribution is -2.36. The number of aryl methyl sites for hydroxylation is 1. The molecule has 0 radical (unpaired) electrons. The zero-order valence-electron chi connectivity index (χ0n) is 10.6. The molecular formula is C14H14N2O3. The zero-order valence-corrected chi connectivity index (χ0v) is 10.6. The molecule has 1 amide bonds. The quantitative estimate of drug-likeness (QED) is 0.848. The van der Waals surface area contributed by atoms with Crippen LogP contribution in [-0.2, 0) is 13.0 Å². The summed E-state index contributed by atoms with van der Waals surface area (Å²) in [6, 6.07) is 5.31. The molecule has 1 aliphatic rings. The molecule has 0 saturated carbocycles. The highest BCUT2D eigenvalue weighted by Gasteiger charge is 2.24. The second kappa shape index (κ2) is 4.42. The van der Waals surface area contributed by atoms with Gasteiger partial charge in [-0.2, -0.15) is 0 Å². The Morgan fingerprint density at radius 3 is 3.00 bits per heavy atom. The molecule has 1 aromatic heterocycles. The lowest BCUT2D eigenvalue weighted by molar-refractivity contribution is 0.0732. The van der Waals surface area contributed by atoms with E-state index in [1.165, 1.54) is 11.8 Å². The molecule has 0 fully saturated rings. The molecule has 98 valence electrons. The van der Waals surface area contributed by atoms with Crippen molar-refractivity contribution in [3.05, 3.63) is 46.8 Å². The number of benzene rings is 1. The highest BCUT2D eigenvalue weighted by atomic mass is 16.5. The number of hydrogen-bond donors (Lipinski definition) is 1. The van der Waals surface area contributed by atoms with Crippen molar-refractivity contribution in [2.45, 2.75) is 19.9 Å². The van der Waals surface area contributed by atoms with Gasteiger partial charge in [-0.1, -0.05) is 11.2 Å². The molecular weight excluding hydrogens is 244 g/mol. The molecule has 0 atom stereocenters. The third-order valence-corrected chi connectivity index (χ3v) is 3.47. The maximum absolute atomic E-state index is 12.3. The minimum atomic E-state index is -0.0762. The number of aromatic nitrogens is 1. The maximum Gasteiger partial charge on any atom is 0.259 e. The van der Waals surface area contributed by atoms with Crippen LogP contribution in [0, 0.1) is 6.92 Å². The molecule has 2 aromatic rings. The number of carbonyl (C=O) groups excluding carboxylic acids is 1. The van der Waals surface area contributed by atoms with Gasteiger partial charge in [0.2, 0.25) is 0 Å². The number of phenolic OH excluding ortho intramolecular Hbond substituents is 1. The van der Waals surface area contributed by atoms with E-state index in [1.54, 1.807) is 24.0 Å². The van der Waals surface area contributed by atoms with Crippen molar-refractivity contribution >= 4 is 5.91 Å². The summed E-state index contributed by atoms with van der Waals surface area (Å²) in [5.41, 5.74) is 2.68. The Bertz CT molecular complexity index is 633. The lowest BCUT2D eigenvalue weighted by Gasteiger charge is -2.28. The van der Waals surface area contributed by atoms with Crippen LogP contribution in [0.5, 0.6) is 5.75 Å². The van der Waals surface area contributed by atoms with E-state index >= 15 is 0 Å². The van der Waals surface area contributed by atoms with Crippen molar-refractivity contribution in [2.75, 3.05) is 6.54 Å². The van der Waals surface area contributed by atoms with Crippen molar-refractivity contribution in [2.24, 2.45) is 0 Å². The Hall–Kier alpha value is -2.30. The van der Waals surface area contributed by atoms with Crippen LogP contribution in [0.3, 0.4) is 0 Å². The second-order valence-corrected chi connectivity index (χ2v) is 4.73. The fraction of sp³-hybridized carbons (Fsp3) is 0.286. The van der Waals surface area contributed by atoms with E-state index in [0.717, 1.165) is 12.0 Å². The summed E-state index contributed by atoms with van der Waals surface area (Å²) in [5.74, 6) is 0.689. The van der Waals surface area contributed by atoms with E-state index in [0.29, 0.717) is 24.4 Å². The van der Waals surface area contributed by atoms with Gasteiger partial charge in [-0.25, -0.2) is 0 Å². The van der Waals surface area contributed by atoms with Crippen molar-refractivity contribution in [3.8, 4) is 5.75 Å². The average Bonchev–Trinajstić information content (AvgIpc) is 2.83. The largest absolute Gasteiger partial charge is 0.508 e. The van der Waals surface area contributed by atoms with Gasteiger partial charge in [-0.3, -0.25) is 4.79 Å². The molecule has 1 aliphatic heterocycles. The van der Waals surface area contributed by atoms with Gasteiger partial charge in [0.1, 0.15) is 17.1 Å². The Morgan fingerprint density at radius 2 is 2.26 bits per heavy atom. The van der Waals surface area contributed by atoms with Crippen molar-refractivity contribution in [1.82, 2.24) is 10.1 Å². The molecule has 1 aromatic carbocycles. The van der Waals surface area contributed by atoms with Gasteiger partial charge in [0.15, 0.2) is 0 Å². The van der Waals surface area contributed by atoms with E-state index in [4.69, 9.17) is 4.52 Å². The topological polar surface area (TPSA) is 66.6 Å². The van der Waals surface area contributed by atoms with Gasteiger partial charge in [-0.05, 0) is 36.6 Å². The molecule has 0 spiro atoms. The number of hydrogen-bond acceptors (Lipinski definition) is 4. The Labute approximate surface area is 110 Å². The molecule has 1 N–H and O–H groups in total. The van der Waals surface area contributed by atoms with E-state index < -0.39 is 0 Å². The SMILES string of the molecule is Cc1oncc1C(=O)N1CCc2ccc(O)cc2C1. The van der Waals surface area contributed by atoms with E-state index in [-0.39, 0.29) is 11.7 Å². The standard InChI is InChI=1S/C14H14N2O3/c1-9-13(7-15-19-9)14(18)16-5-4-10-2-3-12(17)6-11(10)8-16/h2-3,6-7,17H,4-5,8H2,1H3. The number of nitrogens with zero attached hydrogens (tertiary/aromatic N) is 2. The molecule has 3 rings (SSSR count). The van der Waals surface area contributed by atoms with Gasteiger partial charge >= 0.3 is 0 Å². The van der Waals surface area contributed by atoms with Crippen LogP contribution in [0.1, 0.15) is 27.2 Å². The highest BCUT2D eigenvalue weighted by Crippen LogP contribution is 2.24. The normalized spacial score (nSPS) is 14.3. The third-order valence-electron chi connectivity index (χ3n) is 3.47. The third kappa shape index (κ3) is 2.07. The van der Waals surface area contributed by atoms with Gasteiger partial charge in [0.05, 0.1) is 6.20 Å². The van der Waals surface area contributed by atoms with Crippen molar-refractivity contribution in [1.29, 1.82) is 0 Å². The van der Waals surface area contributed by atoms with Gasteiger partial charge < -0.3 is 14.5 Å². The Morgan fingerprint density at radius 1 is 1.42 bits per heavy atom. The summed E-state index contributed by atoms with van der Waals surface area (Å²) in [7, 11) is 0. The number of carbonyl (C=O) groups is 1. The smallest absolute Gasteiger partial charge is 0.259 e. The zero-order chi connectivity index (χ0) is 13.4. The summed E-state index contributed by atoms with van der Waals surface area (Å²) in [6.07, 6.45) is 2.25. The number of amides is 1. The predicted octanol–water partition coefficient (Wildman–Crippen LogP) is 1.89. The molecule has 0 unspecified atom stereocenters. The highest BCUT2D eigenvalue weighted by molar-refractivity contribution is 5.94. The van der Waals surface area contributed by atoms with Gasteiger partial charge in [-0.15, -0.1) is 0 Å². The Balaban J connectivity index is 1.86. The minimum absolute atomic E-state index is 0.0762. The second-order valence-electron chi connectivity index (χ2n) is 4.73. The lowest BCUT2D eigenvalue weighted by atomic mass is 9.99. The first-order chi connectivity index (χ1) is 9.15. The monoisotopic (exact) mass is 258 g/mol. The first-order valence-corrected chi connectivity index (χ1v) is 6.16. The van der Waals surface area contributed by atoms with Crippen LogP contribution in [0.2, 0.25) is 0 Å². The number of fused-ring (bicyclic) bond motifs is 1. The summed E-state index contributed by atoms with van der Waals surface area (Å²) in [4.78, 5) is 14.1. The van der Waals surface area contributed by atoms with E-state index in [9.17, 15) is 9.90 Å². The molecule has 5 nitrogen and oxygen atoms in total. The van der Waals surface area contributed by atoms with Crippen LogP contribution >= 0.6 is 0 Å². The fourth-order valence-corrected chi connectivity index (χ4v) is 2.39. The van der Waals surface area contributed by atoms with Crippen LogP contribution in [0.4, 0.5) is 0 Å². The summed E-state index contributed by atoms with van der Waals surface area (Å²) < 4.78 is 4.93. The molecule has 0 bridgehead atoms.